The Morgan fingerprint density at radius 3 is 3.06 bits per heavy atom. The summed E-state index contributed by atoms with van der Waals surface area (Å²) in [6.07, 6.45) is 1.44. The zero-order valence-corrected chi connectivity index (χ0v) is 10.1. The number of hydrogen-bond donors (Lipinski definition) is 3. The second-order valence-electron chi connectivity index (χ2n) is 4.04. The number of benzene rings is 1. The van der Waals surface area contributed by atoms with Gasteiger partial charge in [-0.25, -0.2) is 4.98 Å². The Hall–Kier alpha value is -2.21. The Labute approximate surface area is 105 Å². The smallest absolute Gasteiger partial charge is 0.228 e. The molecule has 1 unspecified atom stereocenters. The molecule has 0 saturated heterocycles. The summed E-state index contributed by atoms with van der Waals surface area (Å²) >= 11 is 0. The van der Waals surface area contributed by atoms with Crippen LogP contribution in [0.25, 0.3) is 11.4 Å². The van der Waals surface area contributed by atoms with E-state index in [9.17, 15) is 4.79 Å². The lowest BCUT2D eigenvalue weighted by Crippen LogP contribution is -2.26. The highest BCUT2D eigenvalue weighted by Crippen LogP contribution is 2.18. The average Bonchev–Trinajstić information content (AvgIpc) is 2.92. The summed E-state index contributed by atoms with van der Waals surface area (Å²) in [4.78, 5) is 15.8. The molecule has 94 valence electrons. The van der Waals surface area contributed by atoms with Crippen molar-refractivity contribution in [3.8, 4) is 11.4 Å². The molecular weight excluding hydrogens is 230 g/mol. The average molecular weight is 245 g/mol. The van der Waals surface area contributed by atoms with Gasteiger partial charge < -0.3 is 11.1 Å². The van der Waals surface area contributed by atoms with Crippen LogP contribution in [0.4, 0.5) is 5.69 Å². The van der Waals surface area contributed by atoms with Crippen molar-refractivity contribution in [2.45, 2.75) is 6.92 Å². The van der Waals surface area contributed by atoms with Gasteiger partial charge in [-0.1, -0.05) is 19.1 Å². The third-order valence-corrected chi connectivity index (χ3v) is 2.62. The quantitative estimate of drug-likeness (QED) is 0.748. The molecule has 1 atom stereocenters. The van der Waals surface area contributed by atoms with Gasteiger partial charge in [-0.15, -0.1) is 0 Å². The molecule has 0 fully saturated rings. The van der Waals surface area contributed by atoms with Crippen LogP contribution in [-0.2, 0) is 4.79 Å². The van der Waals surface area contributed by atoms with Crippen molar-refractivity contribution in [2.75, 3.05) is 11.9 Å². The fraction of sp³-hybridized carbons (Fsp3) is 0.250. The van der Waals surface area contributed by atoms with Crippen LogP contribution >= 0.6 is 0 Å². The number of amides is 1. The molecule has 2 aromatic rings. The summed E-state index contributed by atoms with van der Waals surface area (Å²) < 4.78 is 0. The summed E-state index contributed by atoms with van der Waals surface area (Å²) in [5, 5.41) is 9.38. The van der Waals surface area contributed by atoms with Gasteiger partial charge in [-0.3, -0.25) is 9.89 Å². The lowest BCUT2D eigenvalue weighted by Gasteiger charge is -2.10. The van der Waals surface area contributed by atoms with E-state index >= 15 is 0 Å². The maximum absolute atomic E-state index is 11.7. The molecular formula is C12H15N5O. The van der Waals surface area contributed by atoms with E-state index in [2.05, 4.69) is 20.5 Å². The molecule has 2 rings (SSSR count). The van der Waals surface area contributed by atoms with E-state index < -0.39 is 0 Å². The van der Waals surface area contributed by atoms with E-state index in [1.165, 1.54) is 6.33 Å². The van der Waals surface area contributed by atoms with Crippen LogP contribution in [0.2, 0.25) is 0 Å². The lowest BCUT2D eigenvalue weighted by atomic mass is 10.1. The molecule has 6 heteroatoms. The zero-order chi connectivity index (χ0) is 13.0. The number of nitrogens with one attached hydrogen (secondary N) is 2. The van der Waals surface area contributed by atoms with Crippen molar-refractivity contribution in [2.24, 2.45) is 11.7 Å². The maximum Gasteiger partial charge on any atom is 0.228 e. The highest BCUT2D eigenvalue weighted by Gasteiger charge is 2.11. The largest absolute Gasteiger partial charge is 0.330 e. The third kappa shape index (κ3) is 2.72. The van der Waals surface area contributed by atoms with Gasteiger partial charge in [-0.2, -0.15) is 5.10 Å². The number of nitrogens with two attached hydrogens (primary N) is 1. The molecule has 0 aliphatic carbocycles. The van der Waals surface area contributed by atoms with Crippen LogP contribution in [0.3, 0.4) is 0 Å². The van der Waals surface area contributed by atoms with Gasteiger partial charge in [0.15, 0.2) is 5.82 Å². The minimum absolute atomic E-state index is 0.0905. The first-order valence-corrected chi connectivity index (χ1v) is 5.67. The zero-order valence-electron chi connectivity index (χ0n) is 10.1. The van der Waals surface area contributed by atoms with Gasteiger partial charge >= 0.3 is 0 Å². The summed E-state index contributed by atoms with van der Waals surface area (Å²) in [5.74, 6) is 0.365. The molecule has 0 spiro atoms. The van der Waals surface area contributed by atoms with Crippen molar-refractivity contribution in [3.63, 3.8) is 0 Å². The number of nitrogens with zero attached hydrogens (tertiary/aromatic N) is 2. The minimum atomic E-state index is -0.209. The van der Waals surface area contributed by atoms with E-state index in [0.29, 0.717) is 18.1 Å². The van der Waals surface area contributed by atoms with Gasteiger partial charge in [0.05, 0.1) is 0 Å². The van der Waals surface area contributed by atoms with Crippen molar-refractivity contribution < 1.29 is 4.79 Å². The molecule has 0 bridgehead atoms. The molecule has 18 heavy (non-hydrogen) atoms. The van der Waals surface area contributed by atoms with E-state index in [1.807, 2.05) is 24.3 Å². The van der Waals surface area contributed by atoms with Gasteiger partial charge in [0, 0.05) is 23.7 Å². The molecule has 4 N–H and O–H groups in total. The molecule has 0 aliphatic rings. The van der Waals surface area contributed by atoms with Crippen LogP contribution in [0.1, 0.15) is 6.92 Å². The number of anilines is 1. The number of aromatic nitrogens is 3. The first kappa shape index (κ1) is 12.3. The predicted molar refractivity (Wildman–Crippen MR) is 68.7 cm³/mol. The SMILES string of the molecule is CC(CN)C(=O)Nc1cccc(-c2ncn[nH]2)c1. The van der Waals surface area contributed by atoms with Crippen LogP contribution in [-0.4, -0.2) is 27.6 Å². The van der Waals surface area contributed by atoms with E-state index in [4.69, 9.17) is 5.73 Å². The lowest BCUT2D eigenvalue weighted by molar-refractivity contribution is -0.119. The van der Waals surface area contributed by atoms with E-state index in [0.717, 1.165) is 5.56 Å². The van der Waals surface area contributed by atoms with Crippen LogP contribution in [0, 0.1) is 5.92 Å². The summed E-state index contributed by atoms with van der Waals surface area (Å²) in [5.41, 5.74) is 7.03. The van der Waals surface area contributed by atoms with Gasteiger partial charge in [-0.05, 0) is 12.1 Å². The highest BCUT2D eigenvalue weighted by molar-refractivity contribution is 5.93. The molecule has 0 aliphatic heterocycles. The molecule has 0 radical (unpaired) electrons. The number of rotatable bonds is 4. The van der Waals surface area contributed by atoms with Crippen LogP contribution in [0.5, 0.6) is 0 Å². The number of H-pyrrole nitrogens is 1. The van der Waals surface area contributed by atoms with Crippen LogP contribution < -0.4 is 11.1 Å². The first-order chi connectivity index (χ1) is 8.70. The Bertz CT molecular complexity index is 523. The normalized spacial score (nSPS) is 12.1. The summed E-state index contributed by atoms with van der Waals surface area (Å²) in [6, 6.07) is 7.39. The number of carbonyl (C=O) groups is 1. The molecule has 1 aromatic carbocycles. The number of carbonyl (C=O) groups excluding carboxylic acids is 1. The highest BCUT2D eigenvalue weighted by atomic mass is 16.1. The number of hydrogen-bond acceptors (Lipinski definition) is 4. The number of aromatic amines is 1. The summed E-state index contributed by atoms with van der Waals surface area (Å²) in [7, 11) is 0. The Kier molecular flexibility index (Phi) is 3.69. The molecule has 6 nitrogen and oxygen atoms in total. The Balaban J connectivity index is 2.16. The van der Waals surface area contributed by atoms with E-state index in [-0.39, 0.29) is 11.8 Å². The Morgan fingerprint density at radius 2 is 2.39 bits per heavy atom. The van der Waals surface area contributed by atoms with Gasteiger partial charge in [0.25, 0.3) is 0 Å². The third-order valence-electron chi connectivity index (χ3n) is 2.62. The monoisotopic (exact) mass is 245 g/mol. The van der Waals surface area contributed by atoms with Gasteiger partial charge in [0.2, 0.25) is 5.91 Å². The molecule has 1 aromatic heterocycles. The van der Waals surface area contributed by atoms with Gasteiger partial charge in [0.1, 0.15) is 6.33 Å². The second kappa shape index (κ2) is 5.42. The van der Waals surface area contributed by atoms with Crippen molar-refractivity contribution >= 4 is 11.6 Å². The fourth-order valence-electron chi connectivity index (χ4n) is 1.46. The van der Waals surface area contributed by atoms with Crippen molar-refractivity contribution in [3.05, 3.63) is 30.6 Å². The standard InChI is InChI=1S/C12H15N5O/c1-8(6-13)12(18)16-10-4-2-3-9(5-10)11-14-7-15-17-11/h2-5,7-8H,6,13H2,1H3,(H,16,18)(H,14,15,17). The van der Waals surface area contributed by atoms with E-state index in [1.54, 1.807) is 6.92 Å². The fourth-order valence-corrected chi connectivity index (χ4v) is 1.46. The topological polar surface area (TPSA) is 96.7 Å². The van der Waals surface area contributed by atoms with Crippen LogP contribution in [0.15, 0.2) is 30.6 Å². The molecule has 1 amide bonds. The Morgan fingerprint density at radius 1 is 1.56 bits per heavy atom. The maximum atomic E-state index is 11.7. The van der Waals surface area contributed by atoms with Crippen molar-refractivity contribution in [1.82, 2.24) is 15.2 Å². The first-order valence-electron chi connectivity index (χ1n) is 5.67. The predicted octanol–water partition coefficient (Wildman–Crippen LogP) is 1.00. The van der Waals surface area contributed by atoms with Crippen molar-refractivity contribution in [1.29, 1.82) is 0 Å². The molecule has 1 heterocycles. The minimum Gasteiger partial charge on any atom is -0.330 e. The summed E-state index contributed by atoms with van der Waals surface area (Å²) in [6.45, 7) is 2.11. The second-order valence-corrected chi connectivity index (χ2v) is 4.04. The molecule has 0 saturated carbocycles.